The van der Waals surface area contributed by atoms with E-state index in [1.165, 1.54) is 12.0 Å². The Hall–Kier alpha value is -5.14. The molecule has 3 amide bonds. The number of nitrogens with one attached hydrogen (secondary N) is 1. The van der Waals surface area contributed by atoms with E-state index in [0.29, 0.717) is 17.7 Å². The van der Waals surface area contributed by atoms with Crippen molar-refractivity contribution in [2.45, 2.75) is 66.4 Å². The molecule has 7 rings (SSSR count). The molecule has 0 aromatic heterocycles. The minimum atomic E-state index is -1.45. The molecule has 4 aromatic rings. The third-order valence-electron chi connectivity index (χ3n) is 11.8. The number of carbonyl (C=O) groups excluding carboxylic acids is 4. The van der Waals surface area contributed by atoms with Gasteiger partial charge in [0.1, 0.15) is 17.7 Å². The number of allylic oxidation sites excluding steroid dienone is 1. The van der Waals surface area contributed by atoms with Crippen molar-refractivity contribution in [1.82, 2.24) is 10.2 Å². The van der Waals surface area contributed by atoms with E-state index >= 15 is 9.59 Å². The predicted octanol–water partition coefficient (Wildman–Crippen LogP) is 6.09. The third-order valence-corrected chi connectivity index (χ3v) is 12.6. The fourth-order valence-corrected chi connectivity index (χ4v) is 10.2. The molecule has 11 nitrogen and oxygen atoms in total. The van der Waals surface area contributed by atoms with E-state index in [4.69, 9.17) is 14.2 Å². The number of nitrogens with zero attached hydrogens (tertiary/aromatic N) is 2. The van der Waals surface area contributed by atoms with Crippen LogP contribution in [-0.2, 0) is 39.8 Å². The van der Waals surface area contributed by atoms with Gasteiger partial charge in [-0.15, -0.1) is 13.2 Å². The Morgan fingerprint density at radius 3 is 2.37 bits per heavy atom. The van der Waals surface area contributed by atoms with E-state index in [2.05, 4.69) is 34.4 Å². The van der Waals surface area contributed by atoms with E-state index in [-0.39, 0.29) is 38.3 Å². The lowest BCUT2D eigenvalue weighted by atomic mass is 9.70. The highest BCUT2D eigenvalue weighted by atomic mass is 79.9. The molecule has 59 heavy (non-hydrogen) atoms. The Balaban J connectivity index is 1.29. The van der Waals surface area contributed by atoms with E-state index < -0.39 is 77.0 Å². The Morgan fingerprint density at radius 2 is 1.69 bits per heavy atom. The number of hydrogen-bond acceptors (Lipinski definition) is 8. The molecular formula is C47H50BrN3O8. The van der Waals surface area contributed by atoms with Gasteiger partial charge in [0.05, 0.1) is 43.2 Å². The molecule has 0 aliphatic carbocycles. The molecule has 12 heteroatoms. The molecule has 3 aliphatic heterocycles. The zero-order valence-electron chi connectivity index (χ0n) is 33.0. The van der Waals surface area contributed by atoms with Gasteiger partial charge in [-0.25, -0.2) is 0 Å². The molecule has 3 saturated heterocycles. The summed E-state index contributed by atoms with van der Waals surface area (Å²) in [4.78, 5) is 61.3. The highest BCUT2D eigenvalue weighted by Gasteiger charge is 2.77. The first kappa shape index (κ1) is 42.0. The number of fused-ring (bicyclic) bond motifs is 2. The van der Waals surface area contributed by atoms with Crippen molar-refractivity contribution in [3.05, 3.63) is 140 Å². The minimum absolute atomic E-state index is 0.0283. The fraction of sp³-hybridized carbons (Fsp3) is 0.362. The maximum Gasteiger partial charge on any atom is 0.313 e. The number of rotatable bonds is 18. The summed E-state index contributed by atoms with van der Waals surface area (Å²) < 4.78 is 18.8. The average molecular weight is 865 g/mol. The number of alkyl halides is 1. The molecule has 1 unspecified atom stereocenters. The summed E-state index contributed by atoms with van der Waals surface area (Å²) in [6.07, 6.45) is 2.62. The van der Waals surface area contributed by atoms with Crippen LogP contribution in [0.25, 0.3) is 10.8 Å². The van der Waals surface area contributed by atoms with Gasteiger partial charge in [0, 0.05) is 30.6 Å². The fourth-order valence-electron chi connectivity index (χ4n) is 9.22. The van der Waals surface area contributed by atoms with Crippen LogP contribution in [-0.4, -0.2) is 95.2 Å². The van der Waals surface area contributed by atoms with Crippen LogP contribution in [0.2, 0.25) is 0 Å². The van der Waals surface area contributed by atoms with Crippen molar-refractivity contribution >= 4 is 56.1 Å². The highest BCUT2D eigenvalue weighted by molar-refractivity contribution is 9.09. The monoisotopic (exact) mass is 863 g/mol. The van der Waals surface area contributed by atoms with E-state index in [9.17, 15) is 14.7 Å². The average Bonchev–Trinajstić information content (AvgIpc) is 3.86. The van der Waals surface area contributed by atoms with Crippen molar-refractivity contribution in [2.24, 2.45) is 11.8 Å². The van der Waals surface area contributed by atoms with Gasteiger partial charge in [0.25, 0.3) is 5.91 Å². The predicted molar refractivity (Wildman–Crippen MR) is 229 cm³/mol. The molecular weight excluding hydrogens is 814 g/mol. The van der Waals surface area contributed by atoms with Crippen molar-refractivity contribution in [3.8, 4) is 0 Å². The number of likely N-dealkylation sites (tertiary alicyclic amines) is 1. The summed E-state index contributed by atoms with van der Waals surface area (Å²) in [5.74, 6) is -4.10. The van der Waals surface area contributed by atoms with Gasteiger partial charge in [0.2, 0.25) is 11.8 Å². The van der Waals surface area contributed by atoms with Gasteiger partial charge in [-0.2, -0.15) is 0 Å². The number of anilines is 1. The van der Waals surface area contributed by atoms with Crippen LogP contribution in [0.1, 0.15) is 36.5 Å². The van der Waals surface area contributed by atoms with Gasteiger partial charge >= 0.3 is 5.97 Å². The van der Waals surface area contributed by atoms with E-state index in [1.54, 1.807) is 29.2 Å². The van der Waals surface area contributed by atoms with Crippen molar-refractivity contribution in [1.29, 1.82) is 0 Å². The number of hydrogen-bond donors (Lipinski definition) is 2. The minimum Gasteiger partial charge on any atom is -0.455 e. The Bertz CT molecular complexity index is 2170. The number of benzene rings is 4. The number of aliphatic hydroxyl groups is 1. The number of amides is 3. The van der Waals surface area contributed by atoms with Gasteiger partial charge < -0.3 is 34.4 Å². The van der Waals surface area contributed by atoms with Crippen LogP contribution in [0.15, 0.2) is 128 Å². The zero-order chi connectivity index (χ0) is 41.7. The number of ether oxygens (including phenoxy) is 3. The number of carbonyl (C=O) groups is 4. The van der Waals surface area contributed by atoms with E-state index in [0.717, 1.165) is 16.3 Å². The summed E-state index contributed by atoms with van der Waals surface area (Å²) in [6.45, 7) is 7.38. The van der Waals surface area contributed by atoms with Crippen LogP contribution >= 0.6 is 15.9 Å². The summed E-state index contributed by atoms with van der Waals surface area (Å²) in [5, 5.41) is 16.0. The molecule has 2 N–H and O–H groups in total. The molecule has 3 fully saturated rings. The molecule has 1 spiro atoms. The standard InChI is InChI=1S/C47H50BrN3O8/c1-4-6-21-38(53)49-37(29-57-3)41(32-18-11-8-12-19-32)58-46(56)39-40-44(54)51(35(28-52)25-30-15-9-7-10-16-30)43(47(40)27-36(48)42(39)59-47)45(55)50(24-5-2)34-23-22-31-17-13-14-20-33(31)26-34/h4-5,7-20,22-23,26,35-37,39-43,52H,1-2,6,21,24-25,27-29H2,3H3,(H,49,53)/t35-,36?,37+,39-,40+,41+,42-,43-,47+/m1/s1. The molecule has 2 bridgehead atoms. The second-order valence-corrected chi connectivity index (χ2v) is 16.6. The topological polar surface area (TPSA) is 135 Å². The van der Waals surface area contributed by atoms with Crippen LogP contribution in [0.5, 0.6) is 0 Å². The quantitative estimate of drug-likeness (QED) is 0.0698. The lowest BCUT2D eigenvalue weighted by Crippen LogP contribution is -2.59. The first-order valence-corrected chi connectivity index (χ1v) is 20.9. The van der Waals surface area contributed by atoms with Crippen LogP contribution in [0.4, 0.5) is 5.69 Å². The number of methoxy groups -OCH3 is 1. The molecule has 3 heterocycles. The van der Waals surface area contributed by atoms with Gasteiger partial charge in [0.15, 0.2) is 0 Å². The van der Waals surface area contributed by atoms with Crippen LogP contribution in [0.3, 0.4) is 0 Å². The molecule has 4 aromatic carbocycles. The zero-order valence-corrected chi connectivity index (χ0v) is 34.6. The van der Waals surface area contributed by atoms with Crippen molar-refractivity contribution in [3.63, 3.8) is 0 Å². The maximum absolute atomic E-state index is 15.4. The summed E-state index contributed by atoms with van der Waals surface area (Å²) >= 11 is 3.78. The van der Waals surface area contributed by atoms with Crippen LogP contribution in [0, 0.1) is 11.8 Å². The number of halogens is 1. The lowest BCUT2D eigenvalue weighted by molar-refractivity contribution is -0.163. The second-order valence-electron chi connectivity index (χ2n) is 15.4. The van der Waals surface area contributed by atoms with Crippen molar-refractivity contribution in [2.75, 3.05) is 31.8 Å². The molecule has 0 saturated carbocycles. The highest BCUT2D eigenvalue weighted by Crippen LogP contribution is 2.61. The van der Waals surface area contributed by atoms with Gasteiger partial charge in [-0.05, 0) is 53.3 Å². The van der Waals surface area contributed by atoms with Gasteiger partial charge in [-0.3, -0.25) is 19.2 Å². The lowest BCUT2D eigenvalue weighted by Gasteiger charge is -2.39. The van der Waals surface area contributed by atoms with Crippen molar-refractivity contribution < 1.29 is 38.5 Å². The first-order valence-electron chi connectivity index (χ1n) is 20.0. The normalized spacial score (nSPS) is 24.6. The van der Waals surface area contributed by atoms with Crippen LogP contribution < -0.4 is 10.2 Å². The first-order chi connectivity index (χ1) is 28.6. The third kappa shape index (κ3) is 8.23. The van der Waals surface area contributed by atoms with E-state index in [1.807, 2.05) is 91.0 Å². The Morgan fingerprint density at radius 1 is 1.00 bits per heavy atom. The molecule has 9 atom stereocenters. The number of esters is 1. The van der Waals surface area contributed by atoms with Gasteiger partial charge in [-0.1, -0.05) is 119 Å². The molecule has 3 aliphatic rings. The Labute approximate surface area is 353 Å². The maximum atomic E-state index is 15.4. The largest absolute Gasteiger partial charge is 0.455 e. The smallest absolute Gasteiger partial charge is 0.313 e. The summed E-state index contributed by atoms with van der Waals surface area (Å²) in [6, 6.07) is 29.3. The Kier molecular flexibility index (Phi) is 13.1. The summed E-state index contributed by atoms with van der Waals surface area (Å²) in [7, 11) is 1.50. The molecule has 308 valence electrons. The number of aliphatic hydroxyl groups excluding tert-OH is 1. The molecule has 0 radical (unpaired) electrons. The SMILES string of the molecule is C=CCCC(=O)N[C@@H](COC)[C@@H](OC(=O)[C@H]1[C@@H]2O[C@@]3(CC2Br)[C@@H]1C(=O)N([C@@H](CO)Cc1ccccc1)[C@@H]3C(=O)N(CC=C)c1ccc2ccccc2c1)c1ccccc1. The summed E-state index contributed by atoms with van der Waals surface area (Å²) in [5.41, 5.74) is 0.632. The second kappa shape index (κ2) is 18.4.